The van der Waals surface area contributed by atoms with Crippen LogP contribution in [0.4, 0.5) is 0 Å². The van der Waals surface area contributed by atoms with Crippen molar-refractivity contribution < 1.29 is 34.2 Å². The van der Waals surface area contributed by atoms with Crippen LogP contribution in [0.1, 0.15) is 40.1 Å². The molecule has 4 aromatic carbocycles. The number of phenolic OH excluding ortho intramolecular Hbond substituents is 2. The van der Waals surface area contributed by atoms with Crippen LogP contribution in [0, 0.1) is 0 Å². The van der Waals surface area contributed by atoms with Gasteiger partial charge in [0, 0.05) is 47.9 Å². The van der Waals surface area contributed by atoms with Gasteiger partial charge in [0.1, 0.15) is 29.6 Å². The Bertz CT molecular complexity index is 2420. The lowest BCUT2D eigenvalue weighted by Gasteiger charge is -2.30. The Balaban J connectivity index is 1.22. The maximum atomic E-state index is 14.1. The Morgan fingerprint density at radius 3 is 2.20 bits per heavy atom. The predicted molar refractivity (Wildman–Crippen MR) is 227 cm³/mol. The highest BCUT2D eigenvalue weighted by molar-refractivity contribution is 7.22. The lowest BCUT2D eigenvalue weighted by molar-refractivity contribution is -0.139. The molecule has 59 heavy (non-hydrogen) atoms. The van der Waals surface area contributed by atoms with Gasteiger partial charge in [-0.15, -0.1) is 8.86 Å². The summed E-state index contributed by atoms with van der Waals surface area (Å²) < 4.78 is 0. The van der Waals surface area contributed by atoms with E-state index >= 15 is 0 Å². The van der Waals surface area contributed by atoms with E-state index in [9.17, 15) is 34.2 Å². The van der Waals surface area contributed by atoms with Crippen molar-refractivity contribution >= 4 is 61.4 Å². The molecule has 2 unspecified atom stereocenters. The van der Waals surface area contributed by atoms with Crippen molar-refractivity contribution in [1.82, 2.24) is 36.4 Å². The van der Waals surface area contributed by atoms with Gasteiger partial charge in [0.05, 0.1) is 12.2 Å². The highest BCUT2D eigenvalue weighted by Crippen LogP contribution is 2.38. The number of H-pyrrole nitrogens is 1. The molecule has 0 saturated carbocycles. The van der Waals surface area contributed by atoms with Crippen LogP contribution in [0.5, 0.6) is 11.5 Å². The first-order chi connectivity index (χ1) is 28.3. The quantitative estimate of drug-likeness (QED) is 0.100. The number of amides is 5. The summed E-state index contributed by atoms with van der Waals surface area (Å²) in [5, 5.41) is 40.7. The Labute approximate surface area is 346 Å². The molecule has 5 amide bonds. The van der Waals surface area contributed by atoms with Crippen molar-refractivity contribution in [2.45, 2.75) is 31.5 Å². The molecule has 14 nitrogen and oxygen atoms in total. The molecule has 2 heterocycles. The first-order valence-corrected chi connectivity index (χ1v) is 19.3. The molecule has 302 valence electrons. The van der Waals surface area contributed by atoms with Gasteiger partial charge in [-0.05, 0) is 95.1 Å². The minimum atomic E-state index is -1.37. The largest absolute Gasteiger partial charge is 0.507 e. The number of nitrogens with zero attached hydrogens (tertiary/aromatic N) is 2. The summed E-state index contributed by atoms with van der Waals surface area (Å²) in [6.45, 7) is 1.04. The molecule has 1 aliphatic heterocycles. The SMILES string of the molecule is C[C@@H]1NC(=O)C(N(C)C(=O)CNC(=O)c2ccc(-c3ccc(Cl)cc3)cc2)c2ccc(O)c(c2)-c2cc(ccc2O)CC(C(=O)NCC(=P)/C=C/c2ccn[nH]2)NC1=O. The molecule has 0 saturated heterocycles. The van der Waals surface area contributed by atoms with Crippen molar-refractivity contribution in [1.29, 1.82) is 0 Å². The number of rotatable bonds is 10. The van der Waals surface area contributed by atoms with Gasteiger partial charge in [-0.25, -0.2) is 0 Å². The van der Waals surface area contributed by atoms with E-state index in [0.717, 1.165) is 21.7 Å². The zero-order chi connectivity index (χ0) is 42.2. The molecule has 0 radical (unpaired) electrons. The molecule has 0 aliphatic carbocycles. The summed E-state index contributed by atoms with van der Waals surface area (Å²) in [6.07, 6.45) is 5.09. The zero-order valence-corrected chi connectivity index (χ0v) is 33.7. The average molecular weight is 834 g/mol. The Morgan fingerprint density at radius 2 is 1.53 bits per heavy atom. The van der Waals surface area contributed by atoms with Crippen LogP contribution in [0.2, 0.25) is 5.02 Å². The smallest absolute Gasteiger partial charge is 0.251 e. The number of aromatic nitrogens is 2. The third-order valence-electron chi connectivity index (χ3n) is 9.71. The van der Waals surface area contributed by atoms with E-state index in [2.05, 4.69) is 40.3 Å². The third kappa shape index (κ3) is 10.4. The fourth-order valence-electron chi connectivity index (χ4n) is 6.41. The van der Waals surface area contributed by atoms with Crippen LogP contribution < -0.4 is 21.3 Å². The van der Waals surface area contributed by atoms with Gasteiger partial charge in [-0.3, -0.25) is 29.1 Å². The van der Waals surface area contributed by atoms with Crippen molar-refractivity contribution in [3.05, 3.63) is 131 Å². The van der Waals surface area contributed by atoms with Crippen LogP contribution in [0.15, 0.2) is 103 Å². The van der Waals surface area contributed by atoms with Gasteiger partial charge < -0.3 is 36.4 Å². The molecule has 0 spiro atoms. The van der Waals surface area contributed by atoms with E-state index in [1.807, 2.05) is 12.1 Å². The monoisotopic (exact) mass is 833 g/mol. The second kappa shape index (κ2) is 18.7. The molecule has 16 heteroatoms. The van der Waals surface area contributed by atoms with E-state index in [1.54, 1.807) is 72.9 Å². The number of aromatic hydroxyl groups is 2. The third-order valence-corrected chi connectivity index (χ3v) is 10.3. The first-order valence-electron chi connectivity index (χ1n) is 18.5. The van der Waals surface area contributed by atoms with E-state index in [0.29, 0.717) is 21.4 Å². The summed E-state index contributed by atoms with van der Waals surface area (Å²) in [4.78, 5) is 69.2. The zero-order valence-electron chi connectivity index (χ0n) is 32.0. The van der Waals surface area contributed by atoms with Crippen LogP contribution in [-0.4, -0.2) is 92.4 Å². The molecule has 0 fully saturated rings. The summed E-state index contributed by atoms with van der Waals surface area (Å²) in [5.41, 5.74) is 3.93. The van der Waals surface area contributed by atoms with E-state index in [1.165, 1.54) is 38.2 Å². The lowest BCUT2D eigenvalue weighted by Crippen LogP contribution is -2.55. The van der Waals surface area contributed by atoms with Crippen molar-refractivity contribution in [2.75, 3.05) is 20.1 Å². The van der Waals surface area contributed by atoms with Crippen LogP contribution in [-0.2, 0) is 25.6 Å². The minimum absolute atomic E-state index is 0.00885. The summed E-state index contributed by atoms with van der Waals surface area (Å²) >= 11 is 6.00. The molecular weight excluding hydrogens is 793 g/mol. The van der Waals surface area contributed by atoms with Gasteiger partial charge in [0.15, 0.2) is 0 Å². The molecule has 3 atom stereocenters. The summed E-state index contributed by atoms with van der Waals surface area (Å²) in [5.74, 6) is -3.57. The molecule has 4 bridgehead atoms. The van der Waals surface area contributed by atoms with E-state index in [-0.39, 0.29) is 41.2 Å². The van der Waals surface area contributed by atoms with Gasteiger partial charge >= 0.3 is 0 Å². The number of fused-ring (bicyclic) bond motifs is 5. The first kappa shape index (κ1) is 41.9. The molecule has 5 aromatic rings. The molecular formula is C43H41ClN7O7P. The van der Waals surface area contributed by atoms with Crippen LogP contribution in [0.25, 0.3) is 28.3 Å². The minimum Gasteiger partial charge on any atom is -0.507 e. The van der Waals surface area contributed by atoms with Crippen LogP contribution in [0.3, 0.4) is 0 Å². The van der Waals surface area contributed by atoms with Gasteiger partial charge in [0.25, 0.3) is 5.91 Å². The fraction of sp³-hybridized carbons (Fsp3) is 0.186. The number of carbonyl (C=O) groups is 5. The Morgan fingerprint density at radius 1 is 0.864 bits per heavy atom. The van der Waals surface area contributed by atoms with Crippen molar-refractivity contribution in [2.24, 2.45) is 0 Å². The maximum absolute atomic E-state index is 14.1. The molecule has 1 aliphatic rings. The highest BCUT2D eigenvalue weighted by atomic mass is 35.5. The number of likely N-dealkylation sites (N-methyl/N-ethyl adjacent to an activating group) is 1. The number of carbonyl (C=O) groups excluding carboxylic acids is 5. The maximum Gasteiger partial charge on any atom is 0.251 e. The standard InChI is InChI=1S/C43H41ClN7O7P/c1-24-40(55)49-35(42(57)45-22-32(59)14-13-31-17-18-47-50-31)20-25-3-15-36(52)33(19-25)34-21-29(10-16-37(34)53)39(43(58)48-24)51(2)38(54)23-46-41(56)28-6-4-26(5-7-28)27-8-11-30(44)12-9-27/h3-19,21,24,35,39,52-53,59H,20,22-23H2,1-2H3,(H,45,57)(H,46,56)(H,47,50)(H,48,58)(H,49,55)/b14-13+/t24-,35?,39?/m0/s1. The number of benzene rings is 4. The van der Waals surface area contributed by atoms with Gasteiger partial charge in [-0.1, -0.05) is 54.1 Å². The molecule has 7 N–H and O–H groups in total. The summed E-state index contributed by atoms with van der Waals surface area (Å²) in [6, 6.07) is 21.0. The van der Waals surface area contributed by atoms with Gasteiger partial charge in [0.2, 0.25) is 23.6 Å². The van der Waals surface area contributed by atoms with Gasteiger partial charge in [-0.2, -0.15) is 5.10 Å². The second-order valence-corrected chi connectivity index (χ2v) is 15.0. The number of phenols is 2. The predicted octanol–water partition coefficient (Wildman–Crippen LogP) is 4.43. The van der Waals surface area contributed by atoms with Crippen molar-refractivity contribution in [3.63, 3.8) is 0 Å². The van der Waals surface area contributed by atoms with E-state index in [4.69, 9.17) is 11.6 Å². The topological polar surface area (TPSA) is 206 Å². The number of halogens is 1. The van der Waals surface area contributed by atoms with E-state index < -0.39 is 54.2 Å². The summed E-state index contributed by atoms with van der Waals surface area (Å²) in [7, 11) is 4.87. The van der Waals surface area contributed by atoms with Crippen molar-refractivity contribution in [3.8, 4) is 33.8 Å². The number of nitrogens with one attached hydrogen (secondary N) is 5. The van der Waals surface area contributed by atoms with Crippen LogP contribution >= 0.6 is 20.5 Å². The highest BCUT2D eigenvalue weighted by Gasteiger charge is 2.33. The number of hydrogen-bond donors (Lipinski definition) is 7. The fourth-order valence-corrected chi connectivity index (χ4v) is 6.71. The lowest BCUT2D eigenvalue weighted by atomic mass is 9.93. The number of aromatic amines is 1. The normalized spacial score (nSPS) is 16.6. The second-order valence-electron chi connectivity index (χ2n) is 13.9. The Kier molecular flexibility index (Phi) is 13.2. The number of hydrogen-bond acceptors (Lipinski definition) is 8. The Hall–Kier alpha value is -6.76. The molecule has 6 rings (SSSR count). The molecule has 1 aromatic heterocycles. The average Bonchev–Trinajstić information content (AvgIpc) is 3.76.